The number of hydrogen-bond donors (Lipinski definition) is 2. The number of furan rings is 1. The molecule has 1 heterocycles. The third-order valence-corrected chi connectivity index (χ3v) is 2.93. The van der Waals surface area contributed by atoms with Gasteiger partial charge in [0.1, 0.15) is 17.2 Å². The molecule has 1 amide bonds. The van der Waals surface area contributed by atoms with Gasteiger partial charge in [0.05, 0.1) is 12.8 Å². The first-order chi connectivity index (χ1) is 11.4. The van der Waals surface area contributed by atoms with Crippen LogP contribution in [0.25, 0.3) is 0 Å². The molecule has 2 aromatic rings. The van der Waals surface area contributed by atoms with E-state index in [0.717, 1.165) is 11.3 Å². The Labute approximate surface area is 141 Å². The first kappa shape index (κ1) is 17.6. The minimum absolute atomic E-state index is 0.387. The zero-order chi connectivity index (χ0) is 17.4. The van der Waals surface area contributed by atoms with Gasteiger partial charge in [-0.05, 0) is 38.5 Å². The number of amides is 1. The molecule has 1 aromatic carbocycles. The fourth-order valence-corrected chi connectivity index (χ4v) is 1.93. The van der Waals surface area contributed by atoms with Gasteiger partial charge < -0.3 is 9.15 Å². The largest absolute Gasteiger partial charge is 0.467 e. The van der Waals surface area contributed by atoms with Gasteiger partial charge in [0.2, 0.25) is 0 Å². The van der Waals surface area contributed by atoms with Crippen molar-refractivity contribution >= 4 is 11.9 Å². The molecule has 6 nitrogen and oxygen atoms in total. The van der Waals surface area contributed by atoms with E-state index in [1.807, 2.05) is 63.2 Å². The predicted molar refractivity (Wildman–Crippen MR) is 92.5 cm³/mol. The van der Waals surface area contributed by atoms with Crippen LogP contribution in [0.3, 0.4) is 0 Å². The normalized spacial score (nSPS) is 11.9. The number of nitrogens with one attached hydrogen (secondary N) is 2. The Balaban J connectivity index is 1.99. The molecule has 128 valence electrons. The van der Waals surface area contributed by atoms with E-state index in [4.69, 9.17) is 9.15 Å². The van der Waals surface area contributed by atoms with Gasteiger partial charge in [-0.15, -0.1) is 0 Å². The topological polar surface area (TPSA) is 75.9 Å². The maximum absolute atomic E-state index is 11.8. The summed E-state index contributed by atoms with van der Waals surface area (Å²) in [5.41, 5.74) is 5.87. The molecule has 0 bridgehead atoms. The highest BCUT2D eigenvalue weighted by Crippen LogP contribution is 2.07. The zero-order valence-electron chi connectivity index (χ0n) is 14.2. The fourth-order valence-electron chi connectivity index (χ4n) is 1.93. The smallest absolute Gasteiger partial charge is 0.426 e. The molecule has 6 heteroatoms. The van der Waals surface area contributed by atoms with Crippen molar-refractivity contribution in [2.45, 2.75) is 39.3 Å². The Bertz CT molecular complexity index is 659. The van der Waals surface area contributed by atoms with Gasteiger partial charge >= 0.3 is 6.09 Å². The van der Waals surface area contributed by atoms with Crippen molar-refractivity contribution in [3.05, 3.63) is 60.1 Å². The number of nitrogens with zero attached hydrogens (tertiary/aromatic N) is 1. The highest BCUT2D eigenvalue weighted by molar-refractivity contribution is 5.86. The molecule has 0 aliphatic heterocycles. The molecule has 24 heavy (non-hydrogen) atoms. The molecule has 0 aliphatic rings. The van der Waals surface area contributed by atoms with Crippen LogP contribution >= 0.6 is 0 Å². The Morgan fingerprint density at radius 1 is 1.12 bits per heavy atom. The lowest BCUT2D eigenvalue weighted by Gasteiger charge is -2.20. The molecule has 2 rings (SSSR count). The Morgan fingerprint density at radius 3 is 2.50 bits per heavy atom. The van der Waals surface area contributed by atoms with E-state index in [0.29, 0.717) is 18.8 Å². The standard InChI is InChI=1S/C18H23N3O3/c1-18(2,3)24-17(22)21-20-16(12-14-8-5-4-6-9-14)19-13-15-10-7-11-23-15/h4-11H,12-13H2,1-3H3,(H,19,20)(H,21,22). The molecule has 0 saturated carbocycles. The van der Waals surface area contributed by atoms with Gasteiger partial charge in [-0.1, -0.05) is 30.3 Å². The summed E-state index contributed by atoms with van der Waals surface area (Å²) in [6.07, 6.45) is 1.60. The summed E-state index contributed by atoms with van der Waals surface area (Å²) >= 11 is 0. The zero-order valence-corrected chi connectivity index (χ0v) is 14.2. The lowest BCUT2D eigenvalue weighted by Crippen LogP contribution is -2.45. The minimum Gasteiger partial charge on any atom is -0.467 e. The molecule has 0 saturated heterocycles. The van der Waals surface area contributed by atoms with E-state index < -0.39 is 11.7 Å². The monoisotopic (exact) mass is 329 g/mol. The van der Waals surface area contributed by atoms with Crippen LogP contribution in [-0.4, -0.2) is 17.5 Å². The number of amidine groups is 1. The molecular weight excluding hydrogens is 306 g/mol. The number of carbonyl (C=O) groups excluding carboxylic acids is 1. The number of carbonyl (C=O) groups is 1. The average Bonchev–Trinajstić information content (AvgIpc) is 3.03. The summed E-state index contributed by atoms with van der Waals surface area (Å²) in [5, 5.41) is 0. The molecule has 0 fully saturated rings. The van der Waals surface area contributed by atoms with Crippen molar-refractivity contribution in [2.75, 3.05) is 0 Å². The first-order valence-corrected chi connectivity index (χ1v) is 7.77. The molecule has 0 radical (unpaired) electrons. The quantitative estimate of drug-likeness (QED) is 0.512. The SMILES string of the molecule is CC(C)(C)OC(=O)NNC(Cc1ccccc1)=NCc1ccco1. The van der Waals surface area contributed by atoms with Crippen LogP contribution in [0, 0.1) is 0 Å². The molecule has 1 aromatic heterocycles. The summed E-state index contributed by atoms with van der Waals surface area (Å²) in [7, 11) is 0. The van der Waals surface area contributed by atoms with Crippen LogP contribution in [-0.2, 0) is 17.7 Å². The number of ether oxygens (including phenoxy) is 1. The van der Waals surface area contributed by atoms with Crippen LogP contribution < -0.4 is 10.9 Å². The van der Waals surface area contributed by atoms with Gasteiger partial charge in [0.15, 0.2) is 0 Å². The predicted octanol–water partition coefficient (Wildman–Crippen LogP) is 3.45. The van der Waals surface area contributed by atoms with Crippen molar-refractivity contribution in [3.63, 3.8) is 0 Å². The summed E-state index contributed by atoms with van der Waals surface area (Å²) in [6, 6.07) is 13.5. The van der Waals surface area contributed by atoms with Crippen molar-refractivity contribution in [1.82, 2.24) is 10.9 Å². The van der Waals surface area contributed by atoms with Gasteiger partial charge in [-0.3, -0.25) is 10.4 Å². The second-order valence-electron chi connectivity index (χ2n) is 6.26. The maximum atomic E-state index is 11.8. The third-order valence-electron chi connectivity index (χ3n) is 2.93. The number of rotatable bonds is 4. The van der Waals surface area contributed by atoms with Crippen LogP contribution in [0.15, 0.2) is 58.1 Å². The summed E-state index contributed by atoms with van der Waals surface area (Å²) in [5.74, 6) is 1.36. The highest BCUT2D eigenvalue weighted by Gasteiger charge is 2.16. The van der Waals surface area contributed by atoms with Gasteiger partial charge in [0, 0.05) is 6.42 Å². The molecule has 0 spiro atoms. The maximum Gasteiger partial charge on any atom is 0.426 e. The summed E-state index contributed by atoms with van der Waals surface area (Å²) < 4.78 is 10.5. The number of benzene rings is 1. The van der Waals surface area contributed by atoms with Crippen LogP contribution in [0.5, 0.6) is 0 Å². The third kappa shape index (κ3) is 6.56. The molecule has 2 N–H and O–H groups in total. The Kier molecular flexibility index (Phi) is 6.01. The van der Waals surface area contributed by atoms with E-state index in [2.05, 4.69) is 15.8 Å². The van der Waals surface area contributed by atoms with Crippen LogP contribution in [0.1, 0.15) is 32.1 Å². The number of hydrogen-bond acceptors (Lipinski definition) is 4. The van der Waals surface area contributed by atoms with Gasteiger partial charge in [-0.25, -0.2) is 10.2 Å². The van der Waals surface area contributed by atoms with Crippen molar-refractivity contribution in [3.8, 4) is 0 Å². The molecular formula is C18H23N3O3. The second-order valence-corrected chi connectivity index (χ2v) is 6.26. The number of aliphatic imine (C=N–C) groups is 1. The minimum atomic E-state index is -0.559. The summed E-state index contributed by atoms with van der Waals surface area (Å²) in [4.78, 5) is 16.3. The lowest BCUT2D eigenvalue weighted by atomic mass is 10.1. The Morgan fingerprint density at radius 2 is 1.88 bits per heavy atom. The van der Waals surface area contributed by atoms with E-state index >= 15 is 0 Å². The van der Waals surface area contributed by atoms with Gasteiger partial charge in [-0.2, -0.15) is 0 Å². The van der Waals surface area contributed by atoms with E-state index in [1.165, 1.54) is 0 Å². The fraction of sp³-hybridized carbons (Fsp3) is 0.333. The van der Waals surface area contributed by atoms with E-state index in [-0.39, 0.29) is 0 Å². The van der Waals surface area contributed by atoms with Crippen molar-refractivity contribution in [2.24, 2.45) is 4.99 Å². The van der Waals surface area contributed by atoms with E-state index in [1.54, 1.807) is 6.26 Å². The Hall–Kier alpha value is -2.76. The molecule has 0 aliphatic carbocycles. The van der Waals surface area contributed by atoms with Crippen molar-refractivity contribution < 1.29 is 13.9 Å². The molecule has 0 unspecified atom stereocenters. The number of hydrazine groups is 1. The highest BCUT2D eigenvalue weighted by atomic mass is 16.6. The van der Waals surface area contributed by atoms with Crippen LogP contribution in [0.4, 0.5) is 4.79 Å². The van der Waals surface area contributed by atoms with Gasteiger partial charge in [0.25, 0.3) is 0 Å². The lowest BCUT2D eigenvalue weighted by molar-refractivity contribution is 0.0512. The van der Waals surface area contributed by atoms with Crippen molar-refractivity contribution in [1.29, 1.82) is 0 Å². The molecule has 0 atom stereocenters. The van der Waals surface area contributed by atoms with E-state index in [9.17, 15) is 4.79 Å². The average molecular weight is 329 g/mol. The summed E-state index contributed by atoms with van der Waals surface area (Å²) in [6.45, 7) is 5.81. The van der Waals surface area contributed by atoms with Crippen LogP contribution in [0.2, 0.25) is 0 Å². The first-order valence-electron chi connectivity index (χ1n) is 7.77. The second kappa shape index (κ2) is 8.19.